The van der Waals surface area contributed by atoms with E-state index in [1.807, 2.05) is 6.07 Å². The highest BCUT2D eigenvalue weighted by molar-refractivity contribution is 14.0. The number of benzene rings is 1. The van der Waals surface area contributed by atoms with Gasteiger partial charge < -0.3 is 15.8 Å². The Morgan fingerprint density at radius 2 is 2.04 bits per heavy atom. The van der Waals surface area contributed by atoms with Crippen molar-refractivity contribution in [2.75, 3.05) is 39.4 Å². The van der Waals surface area contributed by atoms with E-state index < -0.39 is 0 Å². The van der Waals surface area contributed by atoms with E-state index in [-0.39, 0.29) is 24.0 Å². The molecule has 23 heavy (non-hydrogen) atoms. The first-order chi connectivity index (χ1) is 10.6. The molecule has 0 radical (unpaired) electrons. The Morgan fingerprint density at radius 3 is 2.74 bits per heavy atom. The van der Waals surface area contributed by atoms with Crippen LogP contribution in [0.3, 0.4) is 0 Å². The highest BCUT2D eigenvalue weighted by Crippen LogP contribution is 2.21. The van der Waals surface area contributed by atoms with E-state index in [1.165, 1.54) is 0 Å². The monoisotopic (exact) mass is 472 g/mol. The van der Waals surface area contributed by atoms with Crippen LogP contribution in [0.2, 0.25) is 10.0 Å². The van der Waals surface area contributed by atoms with E-state index in [2.05, 4.69) is 15.2 Å². The molecular formula is C15H23Cl2IN4O. The summed E-state index contributed by atoms with van der Waals surface area (Å²) >= 11 is 12.0. The zero-order chi connectivity index (χ0) is 15.8. The number of nitrogens with zero attached hydrogens (tertiary/aromatic N) is 2. The predicted octanol–water partition coefficient (Wildman–Crippen LogP) is 2.74. The predicted molar refractivity (Wildman–Crippen MR) is 107 cm³/mol. The summed E-state index contributed by atoms with van der Waals surface area (Å²) < 4.78 is 5.32. The molecule has 1 saturated heterocycles. The van der Waals surface area contributed by atoms with Gasteiger partial charge in [0.25, 0.3) is 0 Å². The molecule has 1 aromatic rings. The molecule has 0 atom stereocenters. The number of nitrogens with one attached hydrogen (secondary N) is 1. The molecule has 0 unspecified atom stereocenters. The van der Waals surface area contributed by atoms with Crippen molar-refractivity contribution < 1.29 is 4.74 Å². The molecule has 130 valence electrons. The van der Waals surface area contributed by atoms with Crippen LogP contribution < -0.4 is 11.1 Å². The number of hydrogen-bond donors (Lipinski definition) is 2. The lowest BCUT2D eigenvalue weighted by atomic mass is 10.2. The van der Waals surface area contributed by atoms with Crippen molar-refractivity contribution in [3.63, 3.8) is 0 Å². The topological polar surface area (TPSA) is 62.9 Å². The molecule has 0 aliphatic carbocycles. The summed E-state index contributed by atoms with van der Waals surface area (Å²) in [5.74, 6) is 0.438. The molecule has 1 aliphatic heterocycles. The molecule has 0 aromatic heterocycles. The summed E-state index contributed by atoms with van der Waals surface area (Å²) in [5, 5.41) is 4.35. The van der Waals surface area contributed by atoms with Crippen molar-refractivity contribution in [3.8, 4) is 0 Å². The molecular weight excluding hydrogens is 450 g/mol. The first kappa shape index (κ1) is 20.8. The van der Waals surface area contributed by atoms with Crippen LogP contribution in [0.15, 0.2) is 23.2 Å². The van der Waals surface area contributed by atoms with Gasteiger partial charge in [-0.3, -0.25) is 4.90 Å². The van der Waals surface area contributed by atoms with Crippen LogP contribution in [0.5, 0.6) is 0 Å². The molecule has 3 N–H and O–H groups in total. The van der Waals surface area contributed by atoms with Gasteiger partial charge in [-0.2, -0.15) is 0 Å². The number of halogens is 3. The summed E-state index contributed by atoms with van der Waals surface area (Å²) in [6.07, 6.45) is 1.03. The van der Waals surface area contributed by atoms with Gasteiger partial charge in [-0.1, -0.05) is 29.3 Å². The van der Waals surface area contributed by atoms with Crippen LogP contribution in [0.1, 0.15) is 12.0 Å². The number of hydrogen-bond acceptors (Lipinski definition) is 3. The van der Waals surface area contributed by atoms with E-state index in [1.54, 1.807) is 12.1 Å². The Hall–Kier alpha value is -0.280. The van der Waals surface area contributed by atoms with Gasteiger partial charge in [0.15, 0.2) is 5.96 Å². The van der Waals surface area contributed by atoms with Crippen LogP contribution in [0.25, 0.3) is 0 Å². The number of rotatable bonds is 6. The molecule has 2 rings (SSSR count). The molecule has 0 saturated carbocycles. The maximum atomic E-state index is 6.10. The molecule has 0 bridgehead atoms. The minimum atomic E-state index is 0. The number of ether oxygens (including phenoxy) is 1. The number of morpholine rings is 1. The molecule has 8 heteroatoms. The maximum Gasteiger partial charge on any atom is 0.188 e. The third kappa shape index (κ3) is 7.89. The van der Waals surface area contributed by atoms with E-state index in [4.69, 9.17) is 33.7 Å². The summed E-state index contributed by atoms with van der Waals surface area (Å²) in [6.45, 7) is 5.99. The quantitative estimate of drug-likeness (QED) is 0.289. The Bertz CT molecular complexity index is 510. The molecule has 0 spiro atoms. The van der Waals surface area contributed by atoms with Crippen molar-refractivity contribution in [2.24, 2.45) is 10.7 Å². The van der Waals surface area contributed by atoms with Gasteiger partial charge in [0.05, 0.1) is 19.8 Å². The normalized spacial score (nSPS) is 16.0. The molecule has 1 fully saturated rings. The molecule has 1 aliphatic rings. The van der Waals surface area contributed by atoms with Crippen LogP contribution in [0.4, 0.5) is 0 Å². The minimum absolute atomic E-state index is 0. The maximum absolute atomic E-state index is 6.10. The SMILES string of the molecule is I.NC(=NCc1ccc(Cl)cc1Cl)NCCCN1CCOCC1. The second kappa shape index (κ2) is 11.3. The van der Waals surface area contributed by atoms with Crippen LogP contribution in [-0.2, 0) is 11.3 Å². The van der Waals surface area contributed by atoms with Crippen molar-refractivity contribution in [2.45, 2.75) is 13.0 Å². The molecule has 1 heterocycles. The largest absolute Gasteiger partial charge is 0.379 e. The fraction of sp³-hybridized carbons (Fsp3) is 0.533. The average molecular weight is 473 g/mol. The van der Waals surface area contributed by atoms with Crippen molar-refractivity contribution in [1.82, 2.24) is 10.2 Å². The highest BCUT2D eigenvalue weighted by atomic mass is 127. The van der Waals surface area contributed by atoms with Gasteiger partial charge in [0.1, 0.15) is 0 Å². The van der Waals surface area contributed by atoms with Crippen molar-refractivity contribution in [3.05, 3.63) is 33.8 Å². The van der Waals surface area contributed by atoms with Crippen molar-refractivity contribution >= 4 is 53.1 Å². The van der Waals surface area contributed by atoms with E-state index >= 15 is 0 Å². The Kier molecular flexibility index (Phi) is 10.2. The summed E-state index contributed by atoms with van der Waals surface area (Å²) in [5.41, 5.74) is 6.76. The summed E-state index contributed by atoms with van der Waals surface area (Å²) in [6, 6.07) is 5.37. The lowest BCUT2D eigenvalue weighted by Crippen LogP contribution is -2.39. The van der Waals surface area contributed by atoms with E-state index in [0.29, 0.717) is 22.5 Å². The standard InChI is InChI=1S/C15H22Cl2N4O.HI/c16-13-3-2-12(14(17)10-13)11-20-15(18)19-4-1-5-21-6-8-22-9-7-21;/h2-3,10H,1,4-9,11H2,(H3,18,19,20);1H. The lowest BCUT2D eigenvalue weighted by Gasteiger charge is -2.26. The van der Waals surface area contributed by atoms with E-state index in [9.17, 15) is 0 Å². The van der Waals surface area contributed by atoms with Crippen molar-refractivity contribution in [1.29, 1.82) is 0 Å². The fourth-order valence-electron chi connectivity index (χ4n) is 2.22. The second-order valence-electron chi connectivity index (χ2n) is 5.17. The Balaban J connectivity index is 0.00000264. The number of nitrogens with two attached hydrogens (primary N) is 1. The first-order valence-corrected chi connectivity index (χ1v) is 8.18. The molecule has 0 amide bonds. The van der Waals surface area contributed by atoms with Gasteiger partial charge >= 0.3 is 0 Å². The number of aliphatic imine (C=N–C) groups is 1. The van der Waals surface area contributed by atoms with Gasteiger partial charge in [-0.25, -0.2) is 4.99 Å². The minimum Gasteiger partial charge on any atom is -0.379 e. The molecule has 1 aromatic carbocycles. The smallest absolute Gasteiger partial charge is 0.188 e. The highest BCUT2D eigenvalue weighted by Gasteiger charge is 2.09. The third-order valence-corrected chi connectivity index (χ3v) is 4.08. The van der Waals surface area contributed by atoms with Gasteiger partial charge in [0.2, 0.25) is 0 Å². The first-order valence-electron chi connectivity index (χ1n) is 7.43. The lowest BCUT2D eigenvalue weighted by molar-refractivity contribution is 0.0376. The average Bonchev–Trinajstić information content (AvgIpc) is 2.52. The van der Waals surface area contributed by atoms with Gasteiger partial charge in [-0.05, 0) is 30.7 Å². The Morgan fingerprint density at radius 1 is 1.30 bits per heavy atom. The van der Waals surface area contributed by atoms with E-state index in [0.717, 1.165) is 51.4 Å². The zero-order valence-electron chi connectivity index (χ0n) is 12.9. The van der Waals surface area contributed by atoms with Gasteiger partial charge in [-0.15, -0.1) is 24.0 Å². The third-order valence-electron chi connectivity index (χ3n) is 3.50. The zero-order valence-corrected chi connectivity index (χ0v) is 16.8. The fourth-order valence-corrected chi connectivity index (χ4v) is 2.69. The Labute approximate surface area is 164 Å². The van der Waals surface area contributed by atoms with Crippen LogP contribution in [-0.4, -0.2) is 50.3 Å². The second-order valence-corrected chi connectivity index (χ2v) is 6.02. The van der Waals surface area contributed by atoms with Crippen LogP contribution >= 0.6 is 47.2 Å². The van der Waals surface area contributed by atoms with Gasteiger partial charge in [0, 0.05) is 29.7 Å². The molecule has 5 nitrogen and oxygen atoms in total. The summed E-state index contributed by atoms with van der Waals surface area (Å²) in [7, 11) is 0. The number of guanidine groups is 1. The summed E-state index contributed by atoms with van der Waals surface area (Å²) in [4.78, 5) is 6.69. The van der Waals surface area contributed by atoms with Crippen LogP contribution in [0, 0.1) is 0 Å².